The van der Waals surface area contributed by atoms with Crippen LogP contribution in [0.1, 0.15) is 37.4 Å². The predicted octanol–water partition coefficient (Wildman–Crippen LogP) is 2.51. The zero-order chi connectivity index (χ0) is 21.4. The fraction of sp³-hybridized carbons (Fsp3) is 0.409. The van der Waals surface area contributed by atoms with E-state index >= 15 is 0 Å². The number of likely N-dealkylation sites (tertiary alicyclic amines) is 1. The van der Waals surface area contributed by atoms with E-state index < -0.39 is 0 Å². The first kappa shape index (κ1) is 20.0. The van der Waals surface area contributed by atoms with Gasteiger partial charge in [-0.2, -0.15) is 5.10 Å². The molecule has 160 valence electrons. The number of thioether (sulfide) groups is 1. The molecule has 0 atom stereocenters. The summed E-state index contributed by atoms with van der Waals surface area (Å²) in [6.45, 7) is 1.15. The normalized spacial score (nSPS) is 17.2. The van der Waals surface area contributed by atoms with Gasteiger partial charge in [0.25, 0.3) is 0 Å². The fourth-order valence-corrected chi connectivity index (χ4v) is 4.83. The molecular weight excluding hydrogens is 412 g/mol. The second-order valence-corrected chi connectivity index (χ2v) is 9.10. The van der Waals surface area contributed by atoms with Gasteiger partial charge in [0.15, 0.2) is 5.65 Å². The molecule has 0 spiro atoms. The Hall–Kier alpha value is -2.94. The molecule has 2 aromatic heterocycles. The third kappa shape index (κ3) is 4.14. The van der Waals surface area contributed by atoms with Crippen LogP contribution in [0.15, 0.2) is 41.6 Å². The maximum Gasteiger partial charge on any atom is 0.232 e. The summed E-state index contributed by atoms with van der Waals surface area (Å²) in [5, 5.41) is 6.21. The molecule has 2 amide bonds. The highest BCUT2D eigenvalue weighted by atomic mass is 32.2. The predicted molar refractivity (Wildman–Crippen MR) is 118 cm³/mol. The first-order valence-electron chi connectivity index (χ1n) is 10.6. The molecule has 9 heteroatoms. The number of fused-ring (bicyclic) bond motifs is 1. The van der Waals surface area contributed by atoms with E-state index in [1.54, 1.807) is 6.20 Å². The summed E-state index contributed by atoms with van der Waals surface area (Å²) in [7, 11) is 0. The molecule has 3 heterocycles. The van der Waals surface area contributed by atoms with Crippen LogP contribution in [0.4, 0.5) is 0 Å². The molecule has 8 nitrogen and oxygen atoms in total. The molecule has 2 N–H and O–H groups in total. The SMILES string of the molecule is NC(=O)C1CCN(C(=O)CSc2nc(C3CC3)nc3c2cnn3-c2ccccc2)CC1. The minimum Gasteiger partial charge on any atom is -0.369 e. The second kappa shape index (κ2) is 8.30. The molecule has 31 heavy (non-hydrogen) atoms. The number of para-hydroxylation sites is 1. The quantitative estimate of drug-likeness (QED) is 0.470. The smallest absolute Gasteiger partial charge is 0.232 e. The number of carbonyl (C=O) groups is 2. The summed E-state index contributed by atoms with van der Waals surface area (Å²) in [6.07, 6.45) is 5.26. The Morgan fingerprint density at radius 2 is 1.81 bits per heavy atom. The van der Waals surface area contributed by atoms with Gasteiger partial charge in [-0.05, 0) is 37.8 Å². The highest BCUT2D eigenvalue weighted by molar-refractivity contribution is 8.00. The van der Waals surface area contributed by atoms with Crippen molar-refractivity contribution >= 4 is 34.6 Å². The molecule has 3 aromatic rings. The van der Waals surface area contributed by atoms with Crippen molar-refractivity contribution in [1.82, 2.24) is 24.6 Å². The number of primary amides is 1. The van der Waals surface area contributed by atoms with E-state index in [1.807, 2.05) is 39.9 Å². The molecule has 2 fully saturated rings. The van der Waals surface area contributed by atoms with Crippen molar-refractivity contribution in [2.75, 3.05) is 18.8 Å². The first-order chi connectivity index (χ1) is 15.1. The Bertz CT molecular complexity index is 1120. The van der Waals surface area contributed by atoms with E-state index in [9.17, 15) is 9.59 Å². The van der Waals surface area contributed by atoms with Crippen LogP contribution in [0.5, 0.6) is 0 Å². The Kier molecular flexibility index (Phi) is 5.35. The van der Waals surface area contributed by atoms with Crippen LogP contribution in [0, 0.1) is 5.92 Å². The van der Waals surface area contributed by atoms with Gasteiger partial charge < -0.3 is 10.6 Å². The molecule has 2 aliphatic rings. The average molecular weight is 437 g/mol. The summed E-state index contributed by atoms with van der Waals surface area (Å²) in [4.78, 5) is 35.5. The van der Waals surface area contributed by atoms with Gasteiger partial charge in [-0.15, -0.1) is 0 Å². The molecular formula is C22H24N6O2S. The van der Waals surface area contributed by atoms with Crippen molar-refractivity contribution < 1.29 is 9.59 Å². The zero-order valence-electron chi connectivity index (χ0n) is 17.1. The lowest BCUT2D eigenvalue weighted by atomic mass is 9.96. The lowest BCUT2D eigenvalue weighted by Crippen LogP contribution is -2.42. The highest BCUT2D eigenvalue weighted by Crippen LogP contribution is 2.40. The Morgan fingerprint density at radius 3 is 2.48 bits per heavy atom. The number of piperidine rings is 1. The number of hydrogen-bond donors (Lipinski definition) is 1. The molecule has 1 aromatic carbocycles. The van der Waals surface area contributed by atoms with Crippen molar-refractivity contribution in [3.05, 3.63) is 42.4 Å². The standard InChI is InChI=1S/C22H24N6O2S/c23-19(30)14-8-10-27(11-9-14)18(29)13-31-22-17-12-24-28(16-4-2-1-3-5-16)21(17)25-20(26-22)15-6-7-15/h1-5,12,14-15H,6-11,13H2,(H2,23,30). The van der Waals surface area contributed by atoms with Crippen LogP contribution in [0.25, 0.3) is 16.7 Å². The van der Waals surface area contributed by atoms with Gasteiger partial charge in [0.2, 0.25) is 11.8 Å². The number of benzene rings is 1. The number of rotatable bonds is 6. The van der Waals surface area contributed by atoms with Crippen molar-refractivity contribution in [1.29, 1.82) is 0 Å². The van der Waals surface area contributed by atoms with Crippen LogP contribution in [0.2, 0.25) is 0 Å². The summed E-state index contributed by atoms with van der Waals surface area (Å²) in [5.41, 5.74) is 7.12. The Balaban J connectivity index is 1.36. The number of hydrogen-bond acceptors (Lipinski definition) is 6. The van der Waals surface area contributed by atoms with E-state index in [-0.39, 0.29) is 17.7 Å². The lowest BCUT2D eigenvalue weighted by Gasteiger charge is -2.30. The van der Waals surface area contributed by atoms with Crippen LogP contribution < -0.4 is 5.73 Å². The summed E-state index contributed by atoms with van der Waals surface area (Å²) >= 11 is 1.44. The maximum atomic E-state index is 12.8. The third-order valence-corrected chi connectivity index (χ3v) is 6.91. The van der Waals surface area contributed by atoms with Crippen molar-refractivity contribution in [2.45, 2.75) is 36.6 Å². The van der Waals surface area contributed by atoms with Crippen LogP contribution in [-0.2, 0) is 9.59 Å². The molecule has 5 rings (SSSR count). The van der Waals surface area contributed by atoms with Gasteiger partial charge in [-0.25, -0.2) is 14.6 Å². The molecule has 0 bridgehead atoms. The monoisotopic (exact) mass is 436 g/mol. The average Bonchev–Trinajstić information content (AvgIpc) is 3.57. The largest absolute Gasteiger partial charge is 0.369 e. The fourth-order valence-electron chi connectivity index (χ4n) is 3.93. The molecule has 1 aliphatic heterocycles. The first-order valence-corrected chi connectivity index (χ1v) is 11.6. The zero-order valence-corrected chi connectivity index (χ0v) is 17.9. The van der Waals surface area contributed by atoms with Gasteiger partial charge in [-0.3, -0.25) is 9.59 Å². The number of aromatic nitrogens is 4. The topological polar surface area (TPSA) is 107 Å². The summed E-state index contributed by atoms with van der Waals surface area (Å²) in [6, 6.07) is 9.91. The van der Waals surface area contributed by atoms with Gasteiger partial charge >= 0.3 is 0 Å². The minimum absolute atomic E-state index is 0.0584. The number of carbonyl (C=O) groups excluding carboxylic acids is 2. The van der Waals surface area contributed by atoms with Crippen molar-refractivity contribution in [3.8, 4) is 5.69 Å². The van der Waals surface area contributed by atoms with Gasteiger partial charge in [0.1, 0.15) is 10.9 Å². The Morgan fingerprint density at radius 1 is 1.06 bits per heavy atom. The second-order valence-electron chi connectivity index (χ2n) is 8.14. The van der Waals surface area contributed by atoms with E-state index in [2.05, 4.69) is 5.10 Å². The summed E-state index contributed by atoms with van der Waals surface area (Å²) in [5.74, 6) is 1.20. The van der Waals surface area contributed by atoms with Crippen LogP contribution in [0.3, 0.4) is 0 Å². The molecule has 0 unspecified atom stereocenters. The number of amides is 2. The van der Waals surface area contributed by atoms with Gasteiger partial charge in [0.05, 0.1) is 23.0 Å². The number of nitrogens with zero attached hydrogens (tertiary/aromatic N) is 5. The van der Waals surface area contributed by atoms with E-state index in [0.717, 1.165) is 40.4 Å². The lowest BCUT2D eigenvalue weighted by molar-refractivity contribution is -0.132. The number of nitrogens with two attached hydrogens (primary N) is 1. The molecule has 1 aliphatic carbocycles. The Labute approximate surface area is 184 Å². The van der Waals surface area contributed by atoms with Gasteiger partial charge in [0, 0.05) is 24.9 Å². The van der Waals surface area contributed by atoms with E-state index in [0.29, 0.717) is 37.6 Å². The summed E-state index contributed by atoms with van der Waals surface area (Å²) < 4.78 is 1.84. The third-order valence-electron chi connectivity index (χ3n) is 5.94. The van der Waals surface area contributed by atoms with E-state index in [4.69, 9.17) is 15.7 Å². The van der Waals surface area contributed by atoms with E-state index in [1.165, 1.54) is 11.8 Å². The highest BCUT2D eigenvalue weighted by Gasteiger charge is 2.29. The molecule has 0 radical (unpaired) electrons. The van der Waals surface area contributed by atoms with Crippen molar-refractivity contribution in [3.63, 3.8) is 0 Å². The van der Waals surface area contributed by atoms with Gasteiger partial charge in [-0.1, -0.05) is 30.0 Å². The molecule has 1 saturated heterocycles. The maximum absolute atomic E-state index is 12.8. The molecule has 1 saturated carbocycles. The van der Waals surface area contributed by atoms with Crippen LogP contribution in [-0.4, -0.2) is 55.3 Å². The van der Waals surface area contributed by atoms with Crippen molar-refractivity contribution in [2.24, 2.45) is 11.7 Å². The minimum atomic E-state index is -0.270. The van der Waals surface area contributed by atoms with Crippen LogP contribution >= 0.6 is 11.8 Å².